The van der Waals surface area contributed by atoms with Gasteiger partial charge in [-0.25, -0.2) is 9.97 Å². The number of carbonyl (C=O) groups is 1. The largest absolute Gasteiger partial charge is 0.341 e. The van der Waals surface area contributed by atoms with Crippen molar-refractivity contribution in [1.82, 2.24) is 9.97 Å². The maximum atomic E-state index is 10.6. The molecule has 0 saturated carbocycles. The Morgan fingerprint density at radius 2 is 1.94 bits per heavy atom. The molecular formula is C10H12N4O3. The molecule has 0 N–H and O–H groups in total. The van der Waals surface area contributed by atoms with Crippen LogP contribution in [-0.4, -0.2) is 34.3 Å². The minimum absolute atomic E-state index is 0.114. The second-order valence-corrected chi connectivity index (χ2v) is 3.96. The van der Waals surface area contributed by atoms with Gasteiger partial charge in [-0.2, -0.15) is 0 Å². The number of aromatic nitrogens is 2. The Bertz CT molecular complexity index is 412. The van der Waals surface area contributed by atoms with Crippen LogP contribution in [0.1, 0.15) is 12.8 Å². The summed E-state index contributed by atoms with van der Waals surface area (Å²) in [6, 6.07) is 0. The average Bonchev–Trinajstić information content (AvgIpc) is 2.39. The van der Waals surface area contributed by atoms with Crippen molar-refractivity contribution in [1.29, 1.82) is 0 Å². The van der Waals surface area contributed by atoms with Crippen LogP contribution >= 0.6 is 0 Å². The minimum atomic E-state index is -0.525. The van der Waals surface area contributed by atoms with E-state index in [1.165, 1.54) is 12.4 Å². The summed E-state index contributed by atoms with van der Waals surface area (Å²) in [6.45, 7) is 1.42. The van der Waals surface area contributed by atoms with Crippen molar-refractivity contribution in [2.75, 3.05) is 18.0 Å². The van der Waals surface area contributed by atoms with Crippen molar-refractivity contribution in [3.05, 3.63) is 22.5 Å². The topological polar surface area (TPSA) is 89.2 Å². The Balaban J connectivity index is 2.03. The number of piperidine rings is 1. The van der Waals surface area contributed by atoms with E-state index in [0.717, 1.165) is 19.1 Å². The van der Waals surface area contributed by atoms with Crippen LogP contribution in [0.3, 0.4) is 0 Å². The van der Waals surface area contributed by atoms with Gasteiger partial charge in [-0.3, -0.25) is 10.1 Å². The van der Waals surface area contributed by atoms with Crippen LogP contribution in [0.2, 0.25) is 0 Å². The maximum Gasteiger partial charge on any atom is 0.305 e. The predicted molar refractivity (Wildman–Crippen MR) is 59.7 cm³/mol. The van der Waals surface area contributed by atoms with Crippen molar-refractivity contribution in [2.45, 2.75) is 12.8 Å². The molecule has 0 atom stereocenters. The van der Waals surface area contributed by atoms with Crippen LogP contribution in [0.5, 0.6) is 0 Å². The molecular weight excluding hydrogens is 224 g/mol. The Morgan fingerprint density at radius 1 is 1.35 bits per heavy atom. The molecule has 0 aromatic carbocycles. The zero-order chi connectivity index (χ0) is 12.3. The fourth-order valence-electron chi connectivity index (χ4n) is 1.81. The molecule has 7 heteroatoms. The lowest BCUT2D eigenvalue weighted by Crippen LogP contribution is -2.35. The van der Waals surface area contributed by atoms with Crippen LogP contribution in [0.25, 0.3) is 0 Å². The van der Waals surface area contributed by atoms with E-state index in [-0.39, 0.29) is 11.6 Å². The molecule has 0 bridgehead atoms. The van der Waals surface area contributed by atoms with Gasteiger partial charge in [-0.05, 0) is 12.8 Å². The molecule has 1 aliphatic heterocycles. The first-order valence-electron chi connectivity index (χ1n) is 5.37. The molecule has 2 rings (SSSR count). The number of anilines is 1. The molecule has 1 aromatic heterocycles. The van der Waals surface area contributed by atoms with Gasteiger partial charge in [0.1, 0.15) is 18.7 Å². The van der Waals surface area contributed by atoms with E-state index in [9.17, 15) is 14.9 Å². The van der Waals surface area contributed by atoms with Gasteiger partial charge in [0, 0.05) is 19.0 Å². The number of nitro groups is 1. The first-order chi connectivity index (χ1) is 8.20. The van der Waals surface area contributed by atoms with Crippen LogP contribution in [-0.2, 0) is 4.79 Å². The monoisotopic (exact) mass is 236 g/mol. The molecule has 0 aliphatic carbocycles. The first kappa shape index (κ1) is 11.4. The van der Waals surface area contributed by atoms with Crippen LogP contribution in [0.4, 0.5) is 11.6 Å². The normalized spacial score (nSPS) is 16.8. The van der Waals surface area contributed by atoms with Gasteiger partial charge < -0.3 is 9.69 Å². The number of rotatable bonds is 3. The summed E-state index contributed by atoms with van der Waals surface area (Å²) in [5.74, 6) is 0.601. The van der Waals surface area contributed by atoms with E-state index in [1.807, 2.05) is 4.90 Å². The zero-order valence-corrected chi connectivity index (χ0v) is 9.15. The van der Waals surface area contributed by atoms with Crippen molar-refractivity contribution < 1.29 is 9.72 Å². The van der Waals surface area contributed by atoms with E-state index in [1.54, 1.807) is 0 Å². The molecule has 2 heterocycles. The van der Waals surface area contributed by atoms with Crippen molar-refractivity contribution in [3.63, 3.8) is 0 Å². The third-order valence-corrected chi connectivity index (χ3v) is 2.85. The van der Waals surface area contributed by atoms with Gasteiger partial charge in [-0.1, -0.05) is 0 Å². The smallest absolute Gasteiger partial charge is 0.305 e. The van der Waals surface area contributed by atoms with Crippen LogP contribution in [0.15, 0.2) is 12.4 Å². The Labute approximate surface area is 97.6 Å². The van der Waals surface area contributed by atoms with Gasteiger partial charge >= 0.3 is 5.69 Å². The summed E-state index contributed by atoms with van der Waals surface area (Å²) in [7, 11) is 0. The van der Waals surface area contributed by atoms with Gasteiger partial charge in [0.2, 0.25) is 5.95 Å². The number of hydrogen-bond donors (Lipinski definition) is 0. The summed E-state index contributed by atoms with van der Waals surface area (Å²) in [4.78, 5) is 30.4. The molecule has 0 unspecified atom stereocenters. The summed E-state index contributed by atoms with van der Waals surface area (Å²) in [5.41, 5.74) is -0.114. The summed E-state index contributed by atoms with van der Waals surface area (Å²) >= 11 is 0. The minimum Gasteiger partial charge on any atom is -0.341 e. The molecule has 0 radical (unpaired) electrons. The molecule has 1 aromatic rings. The summed E-state index contributed by atoms with van der Waals surface area (Å²) in [6.07, 6.45) is 4.95. The molecule has 17 heavy (non-hydrogen) atoms. The van der Waals surface area contributed by atoms with Crippen LogP contribution in [0, 0.1) is 16.0 Å². The highest BCUT2D eigenvalue weighted by atomic mass is 16.6. The number of carbonyl (C=O) groups excluding carboxylic acids is 1. The first-order valence-corrected chi connectivity index (χ1v) is 5.37. The van der Waals surface area contributed by atoms with Crippen molar-refractivity contribution in [2.24, 2.45) is 5.92 Å². The van der Waals surface area contributed by atoms with Gasteiger partial charge in [-0.15, -0.1) is 0 Å². The lowest BCUT2D eigenvalue weighted by Gasteiger charge is -2.29. The summed E-state index contributed by atoms with van der Waals surface area (Å²) in [5, 5.41) is 10.4. The SMILES string of the molecule is O=CC1CCN(c2ncc([N+](=O)[O-])cn2)CC1. The lowest BCUT2D eigenvalue weighted by molar-refractivity contribution is -0.385. The number of aldehydes is 1. The second kappa shape index (κ2) is 4.86. The maximum absolute atomic E-state index is 10.6. The van der Waals surface area contributed by atoms with E-state index in [2.05, 4.69) is 9.97 Å². The molecule has 1 saturated heterocycles. The van der Waals surface area contributed by atoms with E-state index < -0.39 is 4.92 Å². The van der Waals surface area contributed by atoms with Gasteiger partial charge in [0.15, 0.2) is 0 Å². The molecule has 0 spiro atoms. The fraction of sp³-hybridized carbons (Fsp3) is 0.500. The van der Waals surface area contributed by atoms with E-state index >= 15 is 0 Å². The molecule has 7 nitrogen and oxygen atoms in total. The van der Waals surface area contributed by atoms with Gasteiger partial charge in [0.05, 0.1) is 4.92 Å². The molecule has 0 amide bonds. The molecule has 90 valence electrons. The average molecular weight is 236 g/mol. The predicted octanol–water partition coefficient (Wildman–Crippen LogP) is 0.800. The van der Waals surface area contributed by atoms with Crippen LogP contribution < -0.4 is 4.90 Å². The Hall–Kier alpha value is -2.05. The van der Waals surface area contributed by atoms with Gasteiger partial charge in [0.25, 0.3) is 0 Å². The zero-order valence-electron chi connectivity index (χ0n) is 9.15. The van der Waals surface area contributed by atoms with Crippen molar-refractivity contribution in [3.8, 4) is 0 Å². The third-order valence-electron chi connectivity index (χ3n) is 2.85. The molecule has 1 fully saturated rings. The summed E-state index contributed by atoms with van der Waals surface area (Å²) < 4.78 is 0. The fourth-order valence-corrected chi connectivity index (χ4v) is 1.81. The number of hydrogen-bond acceptors (Lipinski definition) is 6. The van der Waals surface area contributed by atoms with E-state index in [4.69, 9.17) is 0 Å². The quantitative estimate of drug-likeness (QED) is 0.438. The Morgan fingerprint density at radius 3 is 2.41 bits per heavy atom. The third kappa shape index (κ3) is 2.55. The highest BCUT2D eigenvalue weighted by Gasteiger charge is 2.20. The Kier molecular flexibility index (Phi) is 3.27. The molecule has 1 aliphatic rings. The highest BCUT2D eigenvalue weighted by molar-refractivity contribution is 5.54. The lowest BCUT2D eigenvalue weighted by atomic mass is 9.99. The van der Waals surface area contributed by atoms with E-state index in [0.29, 0.717) is 19.0 Å². The second-order valence-electron chi connectivity index (χ2n) is 3.96. The number of nitrogens with zero attached hydrogens (tertiary/aromatic N) is 4. The standard InChI is InChI=1S/C10H12N4O3/c15-7-8-1-3-13(4-2-8)10-11-5-9(6-12-10)14(16)17/h5-8H,1-4H2. The van der Waals surface area contributed by atoms with Crippen molar-refractivity contribution >= 4 is 17.9 Å². The highest BCUT2D eigenvalue weighted by Crippen LogP contribution is 2.19.